The van der Waals surface area contributed by atoms with E-state index in [4.69, 9.17) is 4.42 Å². The number of rotatable bonds is 5. The third kappa shape index (κ3) is 3.28. The first-order chi connectivity index (χ1) is 8.65. The second-order valence-corrected chi connectivity index (χ2v) is 4.24. The minimum absolute atomic E-state index is 0.0968. The Hall–Kier alpha value is -1.94. The molecule has 4 heteroatoms. The summed E-state index contributed by atoms with van der Waals surface area (Å²) in [5.41, 5.74) is 1.40. The monoisotopic (exact) mass is 247 g/mol. The van der Waals surface area contributed by atoms with Gasteiger partial charge in [-0.05, 0) is 25.2 Å². The van der Waals surface area contributed by atoms with E-state index in [2.05, 4.69) is 0 Å². The van der Waals surface area contributed by atoms with Crippen LogP contribution < -0.4 is 0 Å². The molecule has 0 amide bonds. The van der Waals surface area contributed by atoms with Crippen LogP contribution in [0.3, 0.4) is 0 Å². The smallest absolute Gasteiger partial charge is 0.176 e. The van der Waals surface area contributed by atoms with Crippen LogP contribution in [-0.4, -0.2) is 24.3 Å². The van der Waals surface area contributed by atoms with Gasteiger partial charge in [0.2, 0.25) is 0 Å². The van der Waals surface area contributed by atoms with E-state index in [0.29, 0.717) is 12.1 Å². The minimum atomic E-state index is -0.390. The predicted octanol–water partition coefficient (Wildman–Crippen LogP) is 2.73. The van der Waals surface area contributed by atoms with Crippen molar-refractivity contribution in [3.05, 3.63) is 59.8 Å². The Morgan fingerprint density at radius 3 is 2.89 bits per heavy atom. The number of halogens is 1. The van der Waals surface area contributed by atoms with E-state index in [1.807, 2.05) is 18.0 Å². The van der Waals surface area contributed by atoms with Gasteiger partial charge < -0.3 is 4.42 Å². The fraction of sp³-hybridized carbons (Fsp3) is 0.214. The Kier molecular flexibility index (Phi) is 3.89. The highest BCUT2D eigenvalue weighted by Gasteiger charge is 2.10. The molecule has 0 fully saturated rings. The standard InChI is InChI=1S/C14H14FNO2/c1-16(8-11-5-6-18-10-11)9-14(17)12-3-2-4-13(15)7-12/h2-7,10H,8-9H2,1H3. The van der Waals surface area contributed by atoms with Gasteiger partial charge in [0.05, 0.1) is 19.1 Å². The normalized spacial score (nSPS) is 10.8. The number of nitrogens with zero attached hydrogens (tertiary/aromatic N) is 1. The third-order valence-corrected chi connectivity index (χ3v) is 2.59. The summed E-state index contributed by atoms with van der Waals surface area (Å²) in [4.78, 5) is 13.8. The summed E-state index contributed by atoms with van der Waals surface area (Å²) >= 11 is 0. The zero-order chi connectivity index (χ0) is 13.0. The maximum absolute atomic E-state index is 13.0. The van der Waals surface area contributed by atoms with Gasteiger partial charge >= 0.3 is 0 Å². The van der Waals surface area contributed by atoms with Crippen molar-refractivity contribution in [1.29, 1.82) is 0 Å². The molecule has 0 radical (unpaired) electrons. The van der Waals surface area contributed by atoms with E-state index >= 15 is 0 Å². The molecule has 0 aliphatic heterocycles. The van der Waals surface area contributed by atoms with Crippen molar-refractivity contribution in [2.45, 2.75) is 6.54 Å². The van der Waals surface area contributed by atoms with E-state index in [1.54, 1.807) is 24.7 Å². The van der Waals surface area contributed by atoms with Crippen LogP contribution in [-0.2, 0) is 6.54 Å². The maximum Gasteiger partial charge on any atom is 0.176 e. The summed E-state index contributed by atoms with van der Waals surface area (Å²) in [6.45, 7) is 0.867. The molecule has 0 saturated carbocycles. The lowest BCUT2D eigenvalue weighted by Gasteiger charge is -2.14. The van der Waals surface area contributed by atoms with Gasteiger partial charge in [0.1, 0.15) is 5.82 Å². The maximum atomic E-state index is 13.0. The van der Waals surface area contributed by atoms with Crippen molar-refractivity contribution in [1.82, 2.24) is 4.90 Å². The van der Waals surface area contributed by atoms with Gasteiger partial charge in [-0.1, -0.05) is 12.1 Å². The van der Waals surface area contributed by atoms with Gasteiger partial charge in [0.15, 0.2) is 5.78 Å². The van der Waals surface area contributed by atoms with Gasteiger partial charge in [-0.3, -0.25) is 9.69 Å². The summed E-state index contributed by atoms with van der Waals surface area (Å²) in [6, 6.07) is 7.60. The topological polar surface area (TPSA) is 33.5 Å². The molecule has 0 aliphatic rings. The van der Waals surface area contributed by atoms with Crippen molar-refractivity contribution in [2.75, 3.05) is 13.6 Å². The summed E-state index contributed by atoms with van der Waals surface area (Å²) in [5, 5.41) is 0. The van der Waals surface area contributed by atoms with Crippen molar-refractivity contribution in [3.8, 4) is 0 Å². The molecule has 94 valence electrons. The van der Waals surface area contributed by atoms with Gasteiger partial charge in [-0.25, -0.2) is 4.39 Å². The first-order valence-corrected chi connectivity index (χ1v) is 5.63. The molecule has 2 aromatic rings. The van der Waals surface area contributed by atoms with E-state index in [-0.39, 0.29) is 12.3 Å². The average molecular weight is 247 g/mol. The largest absolute Gasteiger partial charge is 0.472 e. The van der Waals surface area contributed by atoms with Crippen LogP contribution in [0.25, 0.3) is 0 Å². The summed E-state index contributed by atoms with van der Waals surface area (Å²) < 4.78 is 18.0. The average Bonchev–Trinajstić information content (AvgIpc) is 2.81. The van der Waals surface area contributed by atoms with Crippen molar-refractivity contribution < 1.29 is 13.6 Å². The molecule has 1 aromatic carbocycles. The highest BCUT2D eigenvalue weighted by atomic mass is 19.1. The van der Waals surface area contributed by atoms with Crippen LogP contribution in [0.5, 0.6) is 0 Å². The van der Waals surface area contributed by atoms with Crippen molar-refractivity contribution in [2.24, 2.45) is 0 Å². The van der Waals surface area contributed by atoms with E-state index in [0.717, 1.165) is 5.56 Å². The van der Waals surface area contributed by atoms with Gasteiger partial charge in [0, 0.05) is 17.7 Å². The van der Waals surface area contributed by atoms with Gasteiger partial charge in [-0.2, -0.15) is 0 Å². The molecule has 0 aliphatic carbocycles. The lowest BCUT2D eigenvalue weighted by molar-refractivity contribution is 0.0942. The van der Waals surface area contributed by atoms with E-state index in [1.165, 1.54) is 12.1 Å². The lowest BCUT2D eigenvalue weighted by atomic mass is 10.1. The Morgan fingerprint density at radius 2 is 2.22 bits per heavy atom. The third-order valence-electron chi connectivity index (χ3n) is 2.59. The van der Waals surface area contributed by atoms with Crippen LogP contribution in [0.2, 0.25) is 0 Å². The molecule has 18 heavy (non-hydrogen) atoms. The van der Waals surface area contributed by atoms with Crippen LogP contribution in [0.4, 0.5) is 4.39 Å². The molecule has 3 nitrogen and oxygen atoms in total. The molecular formula is C14H14FNO2. The number of furan rings is 1. The molecule has 0 atom stereocenters. The van der Waals surface area contributed by atoms with Gasteiger partial charge in [0.25, 0.3) is 0 Å². The molecule has 0 unspecified atom stereocenters. The van der Waals surface area contributed by atoms with Crippen LogP contribution >= 0.6 is 0 Å². The predicted molar refractivity (Wildman–Crippen MR) is 65.8 cm³/mol. The number of carbonyl (C=O) groups is 1. The lowest BCUT2D eigenvalue weighted by Crippen LogP contribution is -2.25. The number of hydrogen-bond acceptors (Lipinski definition) is 3. The Morgan fingerprint density at radius 1 is 1.39 bits per heavy atom. The van der Waals surface area contributed by atoms with Crippen LogP contribution in [0.1, 0.15) is 15.9 Å². The fourth-order valence-corrected chi connectivity index (χ4v) is 1.75. The number of hydrogen-bond donors (Lipinski definition) is 0. The highest BCUT2D eigenvalue weighted by Crippen LogP contribution is 2.07. The minimum Gasteiger partial charge on any atom is -0.472 e. The zero-order valence-corrected chi connectivity index (χ0v) is 10.1. The zero-order valence-electron chi connectivity index (χ0n) is 10.1. The molecule has 1 aromatic heterocycles. The Bertz CT molecular complexity index is 522. The molecule has 0 bridgehead atoms. The summed E-state index contributed by atoms with van der Waals surface area (Å²) in [7, 11) is 1.84. The number of benzene rings is 1. The molecule has 0 saturated heterocycles. The SMILES string of the molecule is CN(CC(=O)c1cccc(F)c1)Cc1ccoc1. The number of Topliss-reactive ketones (excluding diaryl/α,β-unsaturated/α-hetero) is 1. The molecule has 1 heterocycles. The molecule has 0 spiro atoms. The van der Waals surface area contributed by atoms with Crippen molar-refractivity contribution >= 4 is 5.78 Å². The first kappa shape index (κ1) is 12.5. The number of likely N-dealkylation sites (N-methyl/N-ethyl adjacent to an activating group) is 1. The van der Waals surface area contributed by atoms with Crippen LogP contribution in [0.15, 0.2) is 47.3 Å². The molecule has 0 N–H and O–H groups in total. The van der Waals surface area contributed by atoms with E-state index in [9.17, 15) is 9.18 Å². The van der Waals surface area contributed by atoms with E-state index < -0.39 is 5.82 Å². The molecular weight excluding hydrogens is 233 g/mol. The quantitative estimate of drug-likeness (QED) is 0.762. The Balaban J connectivity index is 1.95. The first-order valence-electron chi connectivity index (χ1n) is 5.63. The second-order valence-electron chi connectivity index (χ2n) is 4.24. The van der Waals surface area contributed by atoms with Crippen LogP contribution in [0, 0.1) is 5.82 Å². The summed E-state index contributed by atoms with van der Waals surface area (Å²) in [6.07, 6.45) is 3.24. The second kappa shape index (κ2) is 5.60. The van der Waals surface area contributed by atoms with Crippen molar-refractivity contribution in [3.63, 3.8) is 0 Å². The number of ketones is 1. The van der Waals surface area contributed by atoms with Gasteiger partial charge in [-0.15, -0.1) is 0 Å². The molecule has 2 rings (SSSR count). The fourth-order valence-electron chi connectivity index (χ4n) is 1.75. The number of carbonyl (C=O) groups excluding carboxylic acids is 1. The summed E-state index contributed by atoms with van der Waals surface area (Å²) in [5.74, 6) is -0.487. The highest BCUT2D eigenvalue weighted by molar-refractivity contribution is 5.97. The Labute approximate surface area is 105 Å².